The fourth-order valence-corrected chi connectivity index (χ4v) is 3.98. The quantitative estimate of drug-likeness (QED) is 0.418. The van der Waals surface area contributed by atoms with Crippen molar-refractivity contribution in [3.63, 3.8) is 0 Å². The molecule has 1 N–H and O–H groups in total. The highest BCUT2D eigenvalue weighted by molar-refractivity contribution is 5.83. The summed E-state index contributed by atoms with van der Waals surface area (Å²) in [7, 11) is 0. The van der Waals surface area contributed by atoms with Crippen LogP contribution in [0.15, 0.2) is 78.9 Å². The van der Waals surface area contributed by atoms with E-state index in [0.717, 1.165) is 21.9 Å². The van der Waals surface area contributed by atoms with E-state index in [1.54, 1.807) is 4.90 Å². The average Bonchev–Trinajstić information content (AvgIpc) is 2.77. The maximum atomic E-state index is 13.0. The lowest BCUT2D eigenvalue weighted by atomic mass is 9.94. The monoisotopic (exact) mass is 431 g/mol. The van der Waals surface area contributed by atoms with Crippen LogP contribution in [-0.4, -0.2) is 28.2 Å². The van der Waals surface area contributed by atoms with E-state index in [4.69, 9.17) is 4.74 Å². The number of ether oxygens (including phenoxy) is 1. The molecule has 0 fully saturated rings. The lowest BCUT2D eigenvalue weighted by Gasteiger charge is -2.30. The van der Waals surface area contributed by atoms with Crippen LogP contribution in [0.5, 0.6) is 0 Å². The number of carbonyl (C=O) groups excluding carboxylic acids is 1. The highest BCUT2D eigenvalue weighted by atomic mass is 16.6. The second-order valence-electron chi connectivity index (χ2n) is 8.77. The molecule has 4 nitrogen and oxygen atoms in total. The molecule has 0 aromatic heterocycles. The third kappa shape index (κ3) is 5.57. The Bertz CT molecular complexity index is 1060. The van der Waals surface area contributed by atoms with Gasteiger partial charge >= 0.3 is 6.09 Å². The van der Waals surface area contributed by atoms with Crippen molar-refractivity contribution in [3.05, 3.63) is 90.0 Å². The van der Waals surface area contributed by atoms with Gasteiger partial charge in [-0.15, -0.1) is 0 Å². The molecule has 1 amide bonds. The molecular formula is C28H33NO3. The zero-order valence-corrected chi connectivity index (χ0v) is 19.5. The number of hydrogen-bond acceptors (Lipinski definition) is 3. The van der Waals surface area contributed by atoms with Crippen molar-refractivity contribution >= 4 is 22.6 Å². The minimum Gasteiger partial charge on any atom is -0.410 e. The minimum atomic E-state index is -0.733. The second-order valence-corrected chi connectivity index (χ2v) is 8.77. The Labute approximate surface area is 191 Å². The summed E-state index contributed by atoms with van der Waals surface area (Å²) in [6, 6.07) is 23.6. The van der Waals surface area contributed by atoms with Gasteiger partial charge in [0.15, 0.2) is 0 Å². The maximum absolute atomic E-state index is 13.0. The van der Waals surface area contributed by atoms with Gasteiger partial charge < -0.3 is 14.7 Å². The zero-order valence-electron chi connectivity index (χ0n) is 19.5. The number of benzene rings is 3. The van der Waals surface area contributed by atoms with E-state index in [9.17, 15) is 9.90 Å². The van der Waals surface area contributed by atoms with Crippen LogP contribution in [0.4, 0.5) is 4.79 Å². The summed E-state index contributed by atoms with van der Waals surface area (Å²) in [6.45, 7) is 9.82. The molecule has 3 aromatic rings. The Morgan fingerprint density at radius 2 is 1.44 bits per heavy atom. The predicted octanol–water partition coefficient (Wildman–Crippen LogP) is 6.81. The third-order valence-electron chi connectivity index (χ3n) is 5.61. The summed E-state index contributed by atoms with van der Waals surface area (Å²) in [5.74, 6) is 0.181. The average molecular weight is 432 g/mol. The van der Waals surface area contributed by atoms with Crippen LogP contribution >= 0.6 is 0 Å². The van der Waals surface area contributed by atoms with Crippen LogP contribution in [0.2, 0.25) is 0 Å². The maximum Gasteiger partial charge on any atom is 0.415 e. The van der Waals surface area contributed by atoms with Crippen molar-refractivity contribution in [3.8, 4) is 0 Å². The van der Waals surface area contributed by atoms with Crippen LogP contribution in [0.3, 0.4) is 0 Å². The molecule has 0 aliphatic carbocycles. The molecule has 3 rings (SSSR count). The largest absolute Gasteiger partial charge is 0.415 e. The fraction of sp³-hybridized carbons (Fsp3) is 0.321. The van der Waals surface area contributed by atoms with Crippen LogP contribution in [-0.2, 0) is 4.74 Å². The summed E-state index contributed by atoms with van der Waals surface area (Å²) in [5.41, 5.74) is 1.63. The summed E-state index contributed by atoms with van der Waals surface area (Å²) in [5, 5.41) is 13.3. The Morgan fingerprint density at radius 1 is 0.844 bits per heavy atom. The Kier molecular flexibility index (Phi) is 7.70. The summed E-state index contributed by atoms with van der Waals surface area (Å²) in [6.07, 6.45) is 0.715. The van der Waals surface area contributed by atoms with Gasteiger partial charge in [-0.05, 0) is 56.2 Å². The first kappa shape index (κ1) is 23.6. The van der Waals surface area contributed by atoms with Gasteiger partial charge in [0.2, 0.25) is 0 Å². The molecule has 3 aromatic carbocycles. The number of hydrogen-bond donors (Lipinski definition) is 1. The second kappa shape index (κ2) is 10.5. The molecule has 0 radical (unpaired) electrons. The van der Waals surface area contributed by atoms with Gasteiger partial charge in [-0.1, -0.05) is 73.7 Å². The highest BCUT2D eigenvalue weighted by Gasteiger charge is 2.24. The van der Waals surface area contributed by atoms with Gasteiger partial charge in [0.25, 0.3) is 0 Å². The molecule has 32 heavy (non-hydrogen) atoms. The van der Waals surface area contributed by atoms with Gasteiger partial charge in [-0.2, -0.15) is 0 Å². The van der Waals surface area contributed by atoms with Gasteiger partial charge in [0.05, 0.1) is 6.10 Å². The van der Waals surface area contributed by atoms with Gasteiger partial charge in [0, 0.05) is 23.6 Å². The molecule has 0 spiro atoms. The topological polar surface area (TPSA) is 49.8 Å². The van der Waals surface area contributed by atoms with Crippen LogP contribution in [0.1, 0.15) is 51.8 Å². The van der Waals surface area contributed by atoms with Gasteiger partial charge in [-0.25, -0.2) is 4.79 Å². The SMILES string of the molecule is CC(C)N(C(=O)O/C(=C\[C@H](C)[C@H](O)c1ccc2ccccc2c1)c1ccccc1)C(C)C. The Morgan fingerprint density at radius 3 is 2.06 bits per heavy atom. The minimum absolute atomic E-state index is 0.0140. The van der Waals surface area contributed by atoms with E-state index in [1.165, 1.54) is 0 Å². The summed E-state index contributed by atoms with van der Waals surface area (Å²) < 4.78 is 5.89. The predicted molar refractivity (Wildman–Crippen MR) is 131 cm³/mol. The first-order valence-electron chi connectivity index (χ1n) is 11.2. The van der Waals surface area contributed by atoms with Crippen LogP contribution in [0, 0.1) is 5.92 Å². The number of fused-ring (bicyclic) bond motifs is 1. The molecule has 0 bridgehead atoms. The van der Waals surface area contributed by atoms with E-state index in [2.05, 4.69) is 6.07 Å². The molecule has 168 valence electrons. The third-order valence-corrected chi connectivity index (χ3v) is 5.61. The number of rotatable bonds is 7. The Hall–Kier alpha value is -3.11. The normalized spacial score (nSPS) is 13.9. The molecule has 0 aliphatic rings. The highest BCUT2D eigenvalue weighted by Crippen LogP contribution is 2.29. The molecular weight excluding hydrogens is 398 g/mol. The number of nitrogens with zero attached hydrogens (tertiary/aromatic N) is 1. The standard InChI is InChI=1S/C28H33NO3/c1-19(2)29(20(3)4)28(31)32-26(23-12-7-6-8-13-23)17-21(5)27(30)25-16-15-22-11-9-10-14-24(22)18-25/h6-21,27,30H,1-5H3/b26-17-/t21-,27-/m0/s1. The molecule has 4 heteroatoms. The van der Waals surface area contributed by atoms with E-state index in [1.807, 2.05) is 107 Å². The number of amides is 1. The first-order valence-corrected chi connectivity index (χ1v) is 11.2. The summed E-state index contributed by atoms with van der Waals surface area (Å²) in [4.78, 5) is 14.7. The van der Waals surface area contributed by atoms with Gasteiger partial charge in [-0.3, -0.25) is 0 Å². The molecule has 0 heterocycles. The number of carbonyl (C=O) groups is 1. The molecule has 0 saturated heterocycles. The lowest BCUT2D eigenvalue weighted by molar-refractivity contribution is 0.112. The van der Waals surface area contributed by atoms with E-state index >= 15 is 0 Å². The van der Waals surface area contributed by atoms with E-state index in [-0.39, 0.29) is 18.0 Å². The van der Waals surface area contributed by atoms with Crippen LogP contribution < -0.4 is 0 Å². The van der Waals surface area contributed by atoms with Crippen molar-refractivity contribution in [2.75, 3.05) is 0 Å². The van der Waals surface area contributed by atoms with E-state index in [0.29, 0.717) is 5.76 Å². The zero-order chi connectivity index (χ0) is 23.3. The van der Waals surface area contributed by atoms with Crippen molar-refractivity contribution in [1.29, 1.82) is 0 Å². The van der Waals surface area contributed by atoms with E-state index < -0.39 is 12.2 Å². The van der Waals surface area contributed by atoms with Crippen molar-refractivity contribution in [1.82, 2.24) is 4.90 Å². The Balaban J connectivity index is 1.90. The van der Waals surface area contributed by atoms with Crippen molar-refractivity contribution in [2.45, 2.75) is 52.8 Å². The summed E-state index contributed by atoms with van der Waals surface area (Å²) >= 11 is 0. The van der Waals surface area contributed by atoms with Gasteiger partial charge in [0.1, 0.15) is 5.76 Å². The van der Waals surface area contributed by atoms with Crippen LogP contribution in [0.25, 0.3) is 16.5 Å². The number of aliphatic hydroxyl groups is 1. The number of aliphatic hydroxyl groups excluding tert-OH is 1. The smallest absolute Gasteiger partial charge is 0.410 e. The molecule has 2 atom stereocenters. The molecule has 0 saturated carbocycles. The van der Waals surface area contributed by atoms with Crippen molar-refractivity contribution < 1.29 is 14.6 Å². The first-order chi connectivity index (χ1) is 15.3. The molecule has 0 aliphatic heterocycles. The fourth-order valence-electron chi connectivity index (χ4n) is 3.98. The lowest BCUT2D eigenvalue weighted by Crippen LogP contribution is -2.42. The van der Waals surface area contributed by atoms with Crippen molar-refractivity contribution in [2.24, 2.45) is 5.92 Å². The molecule has 0 unspecified atom stereocenters.